The van der Waals surface area contributed by atoms with Crippen LogP contribution in [0.5, 0.6) is 0 Å². The van der Waals surface area contributed by atoms with Crippen molar-refractivity contribution in [1.82, 2.24) is 9.55 Å². The summed E-state index contributed by atoms with van der Waals surface area (Å²) in [5, 5.41) is 6.18. The summed E-state index contributed by atoms with van der Waals surface area (Å²) in [5.41, 5.74) is 13.7. The van der Waals surface area contributed by atoms with E-state index in [9.17, 15) is 0 Å². The van der Waals surface area contributed by atoms with Crippen LogP contribution in [0.4, 0.5) is 17.1 Å². The summed E-state index contributed by atoms with van der Waals surface area (Å²) < 4.78 is 2.27. The predicted molar refractivity (Wildman–Crippen MR) is 230 cm³/mol. The smallest absolute Gasteiger partial charge is 0.145 e. The van der Waals surface area contributed by atoms with Gasteiger partial charge in [0.1, 0.15) is 17.2 Å². The van der Waals surface area contributed by atoms with E-state index in [1.807, 2.05) is 35.5 Å². The van der Waals surface area contributed by atoms with Gasteiger partial charge in [-0.3, -0.25) is 0 Å². The van der Waals surface area contributed by atoms with Crippen LogP contribution in [0.15, 0.2) is 176 Å². The van der Waals surface area contributed by atoms with E-state index in [1.165, 1.54) is 27.8 Å². The Hall–Kier alpha value is -6.26. The second-order valence-corrected chi connectivity index (χ2v) is 14.8. The van der Waals surface area contributed by atoms with Crippen molar-refractivity contribution in [2.45, 2.75) is 19.3 Å². The minimum atomic E-state index is -0.425. The van der Waals surface area contributed by atoms with E-state index in [2.05, 4.69) is 188 Å². The molecule has 3 heterocycles. The number of para-hydroxylation sites is 3. The van der Waals surface area contributed by atoms with Gasteiger partial charge < -0.3 is 4.57 Å². The van der Waals surface area contributed by atoms with Crippen molar-refractivity contribution in [3.05, 3.63) is 199 Å². The molecular weight excluding hydrogens is 880 g/mol. The first kappa shape index (κ1) is 36.4. The van der Waals surface area contributed by atoms with Crippen LogP contribution in [0.2, 0.25) is 0 Å². The molecule has 1 aliphatic rings. The zero-order valence-electron chi connectivity index (χ0n) is 31.8. The van der Waals surface area contributed by atoms with Gasteiger partial charge in [0.2, 0.25) is 0 Å². The van der Waals surface area contributed by atoms with Gasteiger partial charge in [0.25, 0.3) is 0 Å². The van der Waals surface area contributed by atoms with Gasteiger partial charge >= 0.3 is 0 Å². The molecule has 6 heteroatoms. The van der Waals surface area contributed by atoms with Gasteiger partial charge in [0.15, 0.2) is 0 Å². The molecule has 5 nitrogen and oxygen atoms in total. The predicted octanol–water partition coefficient (Wildman–Crippen LogP) is 12.5. The van der Waals surface area contributed by atoms with Crippen molar-refractivity contribution in [2.75, 3.05) is 17.2 Å². The molecule has 0 amide bonds. The quantitative estimate of drug-likeness (QED) is 0.118. The van der Waals surface area contributed by atoms with E-state index in [0.29, 0.717) is 0 Å². The van der Waals surface area contributed by atoms with Crippen molar-refractivity contribution in [3.63, 3.8) is 0 Å². The standard InChI is InChI=1S/C51H38N4O.Pt/c1-51(2,38-20-14-21-40(33-38)55-47-27-13-12-26-46(47)53(3)56-55)39-28-29-44-43-22-10-11-25-45(43)54(48(44)34-39)49-32-37(30-31-52-49)50-41(35-16-6-4-7-17-35)23-15-24-42(50)36-18-8-5-9-19-36;/h4-32H,1-3H3;/q-2;/p+1. The number of hydrogen-bond acceptors (Lipinski definition) is 3. The number of pyridine rings is 1. The van der Waals surface area contributed by atoms with E-state index in [-0.39, 0.29) is 21.1 Å². The van der Waals surface area contributed by atoms with E-state index in [4.69, 9.17) is 9.92 Å². The second kappa shape index (κ2) is 14.7. The summed E-state index contributed by atoms with van der Waals surface area (Å²) in [6.45, 7) is 4.50. The van der Waals surface area contributed by atoms with Gasteiger partial charge in [-0.05, 0) is 74.5 Å². The molecular formula is C51H39N4OPt-. The SMILES string of the molecule is CN1[OH+]N(c2[c-]c(C(C)(C)c3[c-]c4c(cc3)c3ccccc3n4-c3cc(-c4c(-c5ccccc5)cccc4-c4ccccc4)ccn3)ccc2)c2ccccc21.[Pt]. The number of aromatic nitrogens is 2. The number of nitrogens with zero attached hydrogens (tertiary/aromatic N) is 4. The van der Waals surface area contributed by atoms with E-state index >= 15 is 0 Å². The van der Waals surface area contributed by atoms with Crippen LogP contribution >= 0.6 is 0 Å². The molecule has 57 heavy (non-hydrogen) atoms. The van der Waals surface area contributed by atoms with Gasteiger partial charge in [-0.25, -0.2) is 4.98 Å². The third-order valence-electron chi connectivity index (χ3n) is 11.1. The maximum atomic E-state index is 5.06. The molecule has 2 aromatic heterocycles. The molecule has 0 atom stereocenters. The Morgan fingerprint density at radius 3 is 1.93 bits per heavy atom. The van der Waals surface area contributed by atoms with Gasteiger partial charge in [-0.15, -0.1) is 27.6 Å². The van der Waals surface area contributed by atoms with Crippen LogP contribution in [0, 0.1) is 12.1 Å². The van der Waals surface area contributed by atoms with E-state index in [1.54, 1.807) is 0 Å². The number of fused-ring (bicyclic) bond motifs is 4. The molecule has 0 bridgehead atoms. The maximum absolute atomic E-state index is 5.06. The molecule has 0 saturated carbocycles. The molecule has 0 radical (unpaired) electrons. The molecule has 0 aliphatic carbocycles. The third kappa shape index (κ3) is 6.24. The average Bonchev–Trinajstić information content (AvgIpc) is 3.78. The average molecular weight is 919 g/mol. The number of rotatable bonds is 7. The van der Waals surface area contributed by atoms with Crippen molar-refractivity contribution in [3.8, 4) is 39.2 Å². The molecule has 7 aromatic carbocycles. The van der Waals surface area contributed by atoms with Crippen molar-refractivity contribution < 1.29 is 26.0 Å². The third-order valence-corrected chi connectivity index (χ3v) is 11.1. The van der Waals surface area contributed by atoms with Crippen LogP contribution in [-0.2, 0) is 26.5 Å². The zero-order valence-corrected chi connectivity index (χ0v) is 34.1. The summed E-state index contributed by atoms with van der Waals surface area (Å²) in [6, 6.07) is 67.6. The first-order valence-electron chi connectivity index (χ1n) is 19.0. The summed E-state index contributed by atoms with van der Waals surface area (Å²) in [7, 11) is 1.98. The molecule has 0 fully saturated rings. The zero-order chi connectivity index (χ0) is 37.8. The molecule has 0 spiro atoms. The fourth-order valence-electron chi connectivity index (χ4n) is 8.19. The first-order valence-corrected chi connectivity index (χ1v) is 19.0. The van der Waals surface area contributed by atoms with Crippen LogP contribution in [0.3, 0.4) is 0 Å². The Balaban J connectivity index is 0.00000422. The minimum Gasteiger partial charge on any atom is -0.319 e. The van der Waals surface area contributed by atoms with Gasteiger partial charge in [0.05, 0.1) is 7.05 Å². The summed E-state index contributed by atoms with van der Waals surface area (Å²) in [5.74, 6) is 0.841. The van der Waals surface area contributed by atoms with Crippen LogP contribution in [0.1, 0.15) is 25.0 Å². The second-order valence-electron chi connectivity index (χ2n) is 14.8. The Morgan fingerprint density at radius 2 is 1.19 bits per heavy atom. The molecule has 10 rings (SSSR count). The summed E-state index contributed by atoms with van der Waals surface area (Å²) in [4.78, 5) is 9.88. The molecule has 1 N–H and O–H groups in total. The van der Waals surface area contributed by atoms with Crippen LogP contribution < -0.4 is 10.1 Å². The van der Waals surface area contributed by atoms with E-state index < -0.39 is 5.41 Å². The van der Waals surface area contributed by atoms with Crippen LogP contribution in [-0.4, -0.2) is 21.5 Å². The Bertz CT molecular complexity index is 2850. The van der Waals surface area contributed by atoms with Crippen molar-refractivity contribution >= 4 is 38.9 Å². The topological polar surface area (TPSA) is 37.1 Å². The monoisotopic (exact) mass is 918 g/mol. The Labute approximate surface area is 347 Å². The van der Waals surface area contributed by atoms with Crippen molar-refractivity contribution in [1.29, 1.82) is 0 Å². The van der Waals surface area contributed by atoms with E-state index in [0.717, 1.165) is 61.4 Å². The fourth-order valence-corrected chi connectivity index (χ4v) is 8.19. The summed E-state index contributed by atoms with van der Waals surface area (Å²) >= 11 is 0. The van der Waals surface area contributed by atoms with Gasteiger partial charge in [0, 0.05) is 38.5 Å². The molecule has 280 valence electrons. The minimum absolute atomic E-state index is 0. The van der Waals surface area contributed by atoms with Gasteiger partial charge in [-0.2, -0.15) is 46.4 Å². The molecule has 0 saturated heterocycles. The first-order chi connectivity index (χ1) is 27.5. The number of benzene rings is 7. The summed E-state index contributed by atoms with van der Waals surface area (Å²) in [6.07, 6.45) is 1.94. The number of hydrogen-bond donors (Lipinski definition) is 0. The molecule has 1 aliphatic heterocycles. The Morgan fingerprint density at radius 1 is 0.561 bits per heavy atom. The number of anilines is 3. The Kier molecular flexibility index (Phi) is 9.36. The molecule has 0 unspecified atom stereocenters. The largest absolute Gasteiger partial charge is 0.319 e. The molecule has 9 aromatic rings. The van der Waals surface area contributed by atoms with Crippen molar-refractivity contribution in [2.24, 2.45) is 0 Å². The maximum Gasteiger partial charge on any atom is 0.145 e. The normalized spacial score (nSPS) is 12.5. The van der Waals surface area contributed by atoms with Gasteiger partial charge in [-0.1, -0.05) is 129 Å². The fraction of sp³-hybridized carbons (Fsp3) is 0.0784. The van der Waals surface area contributed by atoms with Crippen LogP contribution in [0.25, 0.3) is 61.0 Å². The number of hydroxylamine groups is 1.